The van der Waals surface area contributed by atoms with Gasteiger partial charge in [0.25, 0.3) is 0 Å². The largest absolute Gasteiger partial charge is 0.497 e. The highest BCUT2D eigenvalue weighted by molar-refractivity contribution is 5.82. The van der Waals surface area contributed by atoms with E-state index in [0.717, 1.165) is 16.9 Å². The van der Waals surface area contributed by atoms with E-state index in [9.17, 15) is 10.1 Å². The van der Waals surface area contributed by atoms with Gasteiger partial charge in [-0.15, -0.1) is 0 Å². The van der Waals surface area contributed by atoms with Gasteiger partial charge in [0.15, 0.2) is 0 Å². The molecular formula is C14H14N4O3. The maximum absolute atomic E-state index is 10.8. The fourth-order valence-corrected chi connectivity index (χ4v) is 1.71. The van der Waals surface area contributed by atoms with Crippen molar-refractivity contribution in [1.29, 1.82) is 0 Å². The van der Waals surface area contributed by atoms with Crippen LogP contribution in [0, 0.1) is 17.0 Å². The van der Waals surface area contributed by atoms with Crippen LogP contribution >= 0.6 is 0 Å². The summed E-state index contributed by atoms with van der Waals surface area (Å²) in [6, 6.07) is 8.42. The lowest BCUT2D eigenvalue weighted by molar-refractivity contribution is -0.384. The molecular weight excluding hydrogens is 272 g/mol. The number of aryl methyl sites for hydroxylation is 1. The molecule has 0 amide bonds. The first-order valence-corrected chi connectivity index (χ1v) is 6.15. The summed E-state index contributed by atoms with van der Waals surface area (Å²) >= 11 is 0. The van der Waals surface area contributed by atoms with Crippen molar-refractivity contribution in [2.24, 2.45) is 5.10 Å². The molecule has 108 valence electrons. The first kappa shape index (κ1) is 14.4. The van der Waals surface area contributed by atoms with Crippen molar-refractivity contribution in [2.45, 2.75) is 6.92 Å². The van der Waals surface area contributed by atoms with Crippen molar-refractivity contribution in [1.82, 2.24) is 4.98 Å². The lowest BCUT2D eigenvalue weighted by Gasteiger charge is -2.04. The second kappa shape index (κ2) is 6.47. The average Bonchev–Trinajstić information content (AvgIpc) is 2.49. The SMILES string of the molecule is COc1ccc(/C=N\Nc2ncccc2[N+](=O)[O-])c(C)c1. The number of hydrogen-bond acceptors (Lipinski definition) is 6. The second-order valence-corrected chi connectivity index (χ2v) is 4.22. The van der Waals surface area contributed by atoms with Gasteiger partial charge < -0.3 is 4.74 Å². The molecule has 21 heavy (non-hydrogen) atoms. The van der Waals surface area contributed by atoms with Gasteiger partial charge in [-0.1, -0.05) is 0 Å². The van der Waals surface area contributed by atoms with Gasteiger partial charge in [-0.05, 0) is 42.3 Å². The van der Waals surface area contributed by atoms with Crippen molar-refractivity contribution in [2.75, 3.05) is 12.5 Å². The van der Waals surface area contributed by atoms with Crippen molar-refractivity contribution >= 4 is 17.7 Å². The number of benzene rings is 1. The average molecular weight is 286 g/mol. The second-order valence-electron chi connectivity index (χ2n) is 4.22. The molecule has 0 aliphatic rings. The lowest BCUT2D eigenvalue weighted by atomic mass is 10.1. The molecule has 1 aromatic heterocycles. The first-order valence-electron chi connectivity index (χ1n) is 6.15. The van der Waals surface area contributed by atoms with Crippen LogP contribution < -0.4 is 10.2 Å². The third-order valence-electron chi connectivity index (χ3n) is 2.83. The summed E-state index contributed by atoms with van der Waals surface area (Å²) in [6.07, 6.45) is 3.04. The van der Waals surface area contributed by atoms with Gasteiger partial charge in [-0.25, -0.2) is 4.98 Å². The minimum absolute atomic E-state index is 0.102. The number of anilines is 1. The molecule has 7 heteroatoms. The molecule has 0 saturated heterocycles. The van der Waals surface area contributed by atoms with Crippen molar-refractivity contribution < 1.29 is 9.66 Å². The van der Waals surface area contributed by atoms with E-state index < -0.39 is 4.92 Å². The van der Waals surface area contributed by atoms with Crippen LogP contribution in [0.5, 0.6) is 5.75 Å². The predicted molar refractivity (Wildman–Crippen MR) is 79.8 cm³/mol. The van der Waals surface area contributed by atoms with E-state index >= 15 is 0 Å². The number of pyridine rings is 1. The van der Waals surface area contributed by atoms with E-state index in [1.807, 2.05) is 25.1 Å². The Kier molecular flexibility index (Phi) is 4.45. The first-order chi connectivity index (χ1) is 10.1. The van der Waals surface area contributed by atoms with Crippen LogP contribution in [0.15, 0.2) is 41.6 Å². The third kappa shape index (κ3) is 3.53. The summed E-state index contributed by atoms with van der Waals surface area (Å²) in [5.74, 6) is 0.864. The van der Waals surface area contributed by atoms with E-state index in [2.05, 4.69) is 15.5 Å². The quantitative estimate of drug-likeness (QED) is 0.518. The Balaban J connectivity index is 2.15. The van der Waals surface area contributed by atoms with E-state index in [1.165, 1.54) is 18.3 Å². The molecule has 0 aliphatic carbocycles. The Morgan fingerprint density at radius 3 is 2.90 bits per heavy atom. The smallest absolute Gasteiger partial charge is 0.313 e. The predicted octanol–water partition coefficient (Wildman–Crippen LogP) is 2.75. The number of nitrogens with zero attached hydrogens (tertiary/aromatic N) is 3. The molecule has 2 aromatic rings. The highest BCUT2D eigenvalue weighted by atomic mass is 16.6. The van der Waals surface area contributed by atoms with Gasteiger partial charge in [0.1, 0.15) is 5.75 Å². The van der Waals surface area contributed by atoms with Gasteiger partial charge >= 0.3 is 5.69 Å². The summed E-state index contributed by atoms with van der Waals surface area (Å²) in [7, 11) is 1.60. The lowest BCUT2D eigenvalue weighted by Crippen LogP contribution is -1.99. The van der Waals surface area contributed by atoms with E-state index in [4.69, 9.17) is 4.74 Å². The fourth-order valence-electron chi connectivity index (χ4n) is 1.71. The molecule has 0 radical (unpaired) electrons. The van der Waals surface area contributed by atoms with Crippen LogP contribution in [0.25, 0.3) is 0 Å². The molecule has 1 N–H and O–H groups in total. The molecule has 0 fully saturated rings. The Hall–Kier alpha value is -2.96. The highest BCUT2D eigenvalue weighted by Gasteiger charge is 2.12. The molecule has 0 spiro atoms. The van der Waals surface area contributed by atoms with Crippen LogP contribution in [0.2, 0.25) is 0 Å². The zero-order valence-electron chi connectivity index (χ0n) is 11.6. The Bertz CT molecular complexity index is 686. The van der Waals surface area contributed by atoms with Gasteiger partial charge in [-0.3, -0.25) is 15.5 Å². The van der Waals surface area contributed by atoms with E-state index in [-0.39, 0.29) is 11.5 Å². The van der Waals surface area contributed by atoms with Crippen molar-refractivity contribution in [3.8, 4) is 5.75 Å². The molecule has 2 rings (SSSR count). The summed E-state index contributed by atoms with van der Waals surface area (Å²) in [5.41, 5.74) is 4.32. The van der Waals surface area contributed by atoms with Crippen LogP contribution in [-0.2, 0) is 0 Å². The number of aromatic nitrogens is 1. The van der Waals surface area contributed by atoms with E-state index in [1.54, 1.807) is 13.3 Å². The highest BCUT2D eigenvalue weighted by Crippen LogP contribution is 2.20. The normalized spacial score (nSPS) is 10.6. The third-order valence-corrected chi connectivity index (χ3v) is 2.83. The zero-order chi connectivity index (χ0) is 15.2. The Labute approximate surface area is 121 Å². The van der Waals surface area contributed by atoms with Gasteiger partial charge in [0.2, 0.25) is 5.82 Å². The monoisotopic (exact) mass is 286 g/mol. The Morgan fingerprint density at radius 2 is 2.24 bits per heavy atom. The van der Waals surface area contributed by atoms with Crippen LogP contribution in [0.4, 0.5) is 11.5 Å². The Morgan fingerprint density at radius 1 is 1.43 bits per heavy atom. The number of ether oxygens (including phenoxy) is 1. The van der Waals surface area contributed by atoms with Crippen LogP contribution in [0.1, 0.15) is 11.1 Å². The minimum atomic E-state index is -0.510. The topological polar surface area (TPSA) is 89.7 Å². The summed E-state index contributed by atoms with van der Waals surface area (Å²) in [4.78, 5) is 14.2. The van der Waals surface area contributed by atoms with Gasteiger partial charge in [-0.2, -0.15) is 5.10 Å². The number of nitrogens with one attached hydrogen (secondary N) is 1. The standard InChI is InChI=1S/C14H14N4O3/c1-10-8-12(21-2)6-5-11(10)9-16-17-14-13(18(19)20)4-3-7-15-14/h3-9H,1-2H3,(H,15,17)/b16-9-. The van der Waals surface area contributed by atoms with Gasteiger partial charge in [0.05, 0.1) is 18.2 Å². The number of hydrazone groups is 1. The number of nitro groups is 1. The molecule has 1 heterocycles. The molecule has 0 bridgehead atoms. The van der Waals surface area contributed by atoms with E-state index in [0.29, 0.717) is 0 Å². The molecule has 0 aliphatic heterocycles. The fraction of sp³-hybridized carbons (Fsp3) is 0.143. The minimum Gasteiger partial charge on any atom is -0.497 e. The number of methoxy groups -OCH3 is 1. The maximum Gasteiger partial charge on any atom is 0.313 e. The summed E-state index contributed by atoms with van der Waals surface area (Å²) < 4.78 is 5.12. The zero-order valence-corrected chi connectivity index (χ0v) is 11.6. The number of hydrogen-bond donors (Lipinski definition) is 1. The van der Waals surface area contributed by atoms with Gasteiger partial charge in [0, 0.05) is 12.3 Å². The summed E-state index contributed by atoms with van der Waals surface area (Å²) in [5, 5.41) is 14.8. The van der Waals surface area contributed by atoms with Crippen molar-refractivity contribution in [3.63, 3.8) is 0 Å². The molecule has 0 saturated carbocycles. The molecule has 1 aromatic carbocycles. The van der Waals surface area contributed by atoms with Crippen LogP contribution in [0.3, 0.4) is 0 Å². The van der Waals surface area contributed by atoms with Crippen molar-refractivity contribution in [3.05, 3.63) is 57.8 Å². The molecule has 7 nitrogen and oxygen atoms in total. The van der Waals surface area contributed by atoms with Crippen LogP contribution in [-0.4, -0.2) is 23.2 Å². The molecule has 0 unspecified atom stereocenters. The summed E-state index contributed by atoms with van der Waals surface area (Å²) in [6.45, 7) is 1.92. The molecule has 0 atom stereocenters. The number of rotatable bonds is 5. The maximum atomic E-state index is 10.8.